The first-order valence-electron chi connectivity index (χ1n) is 6.69. The van der Waals surface area contributed by atoms with Crippen molar-refractivity contribution in [3.8, 4) is 11.5 Å². The van der Waals surface area contributed by atoms with Crippen molar-refractivity contribution < 1.29 is 32.2 Å². The molecule has 0 aliphatic heterocycles. The molecular formula is C16H12F3NO4. The van der Waals surface area contributed by atoms with Crippen molar-refractivity contribution in [2.75, 3.05) is 13.7 Å². The summed E-state index contributed by atoms with van der Waals surface area (Å²) in [6.07, 6.45) is 0. The lowest BCUT2D eigenvalue weighted by Gasteiger charge is -2.09. The molecule has 0 fully saturated rings. The van der Waals surface area contributed by atoms with Gasteiger partial charge in [0, 0.05) is 0 Å². The van der Waals surface area contributed by atoms with Gasteiger partial charge < -0.3 is 14.8 Å². The van der Waals surface area contributed by atoms with E-state index >= 15 is 0 Å². The van der Waals surface area contributed by atoms with E-state index < -0.39 is 41.4 Å². The number of benzene rings is 2. The quantitative estimate of drug-likeness (QED) is 0.516. The zero-order chi connectivity index (χ0) is 17.7. The number of carbonyl (C=O) groups excluding carboxylic acids is 2. The summed E-state index contributed by atoms with van der Waals surface area (Å²) in [6, 6.07) is 7.71. The molecule has 0 atom stereocenters. The van der Waals surface area contributed by atoms with Crippen LogP contribution in [0, 0.1) is 17.5 Å². The first-order valence-corrected chi connectivity index (χ1v) is 6.69. The minimum Gasteiger partial charge on any atom is -0.493 e. The highest BCUT2D eigenvalue weighted by Gasteiger charge is 2.19. The minimum absolute atomic E-state index is 0.137. The Labute approximate surface area is 135 Å². The van der Waals surface area contributed by atoms with Gasteiger partial charge >= 0.3 is 5.97 Å². The van der Waals surface area contributed by atoms with Crippen LogP contribution in [-0.4, -0.2) is 25.5 Å². The van der Waals surface area contributed by atoms with Crippen molar-refractivity contribution >= 4 is 11.9 Å². The van der Waals surface area contributed by atoms with Crippen molar-refractivity contribution in [2.24, 2.45) is 0 Å². The first kappa shape index (κ1) is 17.3. The third-order valence-corrected chi connectivity index (χ3v) is 2.97. The number of rotatable bonds is 5. The van der Waals surface area contributed by atoms with Gasteiger partial charge in [0.25, 0.3) is 5.91 Å². The Hall–Kier alpha value is -3.03. The lowest BCUT2D eigenvalue weighted by molar-refractivity contribution is -0.133. The number of esters is 1. The third-order valence-electron chi connectivity index (χ3n) is 2.97. The van der Waals surface area contributed by atoms with Crippen LogP contribution < -0.4 is 14.8 Å². The number of amides is 1. The van der Waals surface area contributed by atoms with Gasteiger partial charge in [-0.25, -0.2) is 18.0 Å². The van der Waals surface area contributed by atoms with Gasteiger partial charge in [-0.05, 0) is 24.3 Å². The standard InChI is InChI=1S/C16H12F3NO4/c1-23-11-4-2-3-5-12(11)24-13(21)8-20-16(22)9-6-7-10(17)15(19)14(9)18/h2-7H,8H2,1H3,(H,20,22). The molecule has 0 aromatic heterocycles. The van der Waals surface area contributed by atoms with Crippen molar-refractivity contribution in [3.05, 3.63) is 59.4 Å². The fourth-order valence-corrected chi connectivity index (χ4v) is 1.81. The van der Waals surface area contributed by atoms with E-state index in [4.69, 9.17) is 9.47 Å². The van der Waals surface area contributed by atoms with Gasteiger partial charge in [0.05, 0.1) is 12.7 Å². The van der Waals surface area contributed by atoms with Gasteiger partial charge in [0.15, 0.2) is 29.0 Å². The largest absolute Gasteiger partial charge is 0.493 e. The smallest absolute Gasteiger partial charge is 0.330 e. The zero-order valence-electron chi connectivity index (χ0n) is 12.4. The maximum Gasteiger partial charge on any atom is 0.330 e. The molecule has 0 radical (unpaired) electrons. The average molecular weight is 339 g/mol. The van der Waals surface area contributed by atoms with E-state index in [2.05, 4.69) is 5.32 Å². The summed E-state index contributed by atoms with van der Waals surface area (Å²) < 4.78 is 49.4. The van der Waals surface area contributed by atoms with E-state index in [9.17, 15) is 22.8 Å². The fourth-order valence-electron chi connectivity index (χ4n) is 1.81. The molecule has 0 spiro atoms. The van der Waals surface area contributed by atoms with E-state index in [0.717, 1.165) is 6.07 Å². The highest BCUT2D eigenvalue weighted by atomic mass is 19.2. The van der Waals surface area contributed by atoms with Gasteiger partial charge in [-0.3, -0.25) is 4.79 Å². The number of methoxy groups -OCH3 is 1. The summed E-state index contributed by atoms with van der Waals surface area (Å²) in [4.78, 5) is 23.4. The molecule has 1 N–H and O–H groups in total. The molecule has 0 saturated heterocycles. The predicted molar refractivity (Wildman–Crippen MR) is 77.3 cm³/mol. The molecule has 24 heavy (non-hydrogen) atoms. The Morgan fingerprint density at radius 2 is 1.67 bits per heavy atom. The number of para-hydroxylation sites is 2. The summed E-state index contributed by atoms with van der Waals surface area (Å²) >= 11 is 0. The minimum atomic E-state index is -1.76. The van der Waals surface area contributed by atoms with Crippen LogP contribution in [0.25, 0.3) is 0 Å². The fraction of sp³-hybridized carbons (Fsp3) is 0.125. The molecule has 0 aliphatic rings. The molecule has 0 aliphatic carbocycles. The molecular weight excluding hydrogens is 327 g/mol. The molecule has 5 nitrogen and oxygen atoms in total. The molecule has 2 aromatic rings. The van der Waals surface area contributed by atoms with Crippen molar-refractivity contribution in [2.45, 2.75) is 0 Å². The number of ether oxygens (including phenoxy) is 2. The second kappa shape index (κ2) is 7.49. The van der Waals surface area contributed by atoms with Crippen LogP contribution in [-0.2, 0) is 4.79 Å². The van der Waals surface area contributed by atoms with Crippen LogP contribution in [0.1, 0.15) is 10.4 Å². The van der Waals surface area contributed by atoms with Gasteiger partial charge in [-0.1, -0.05) is 12.1 Å². The summed E-state index contributed by atoms with van der Waals surface area (Å²) in [6.45, 7) is -0.602. The second-order valence-corrected chi connectivity index (χ2v) is 4.53. The van der Waals surface area contributed by atoms with Crippen molar-refractivity contribution in [1.82, 2.24) is 5.32 Å². The van der Waals surface area contributed by atoms with Crippen LogP contribution in [0.15, 0.2) is 36.4 Å². The molecule has 0 saturated carbocycles. The van der Waals surface area contributed by atoms with Gasteiger partial charge in [0.1, 0.15) is 6.54 Å². The Kier molecular flexibility index (Phi) is 5.41. The van der Waals surface area contributed by atoms with Crippen LogP contribution in [0.3, 0.4) is 0 Å². The molecule has 0 unspecified atom stereocenters. The number of hydrogen-bond donors (Lipinski definition) is 1. The van der Waals surface area contributed by atoms with Gasteiger partial charge in [0.2, 0.25) is 0 Å². The molecule has 1 amide bonds. The van der Waals surface area contributed by atoms with Crippen LogP contribution in [0.5, 0.6) is 11.5 Å². The Balaban J connectivity index is 1.99. The van der Waals surface area contributed by atoms with Crippen molar-refractivity contribution in [3.63, 3.8) is 0 Å². The maximum atomic E-state index is 13.5. The molecule has 126 valence electrons. The lowest BCUT2D eigenvalue weighted by Crippen LogP contribution is -2.32. The first-order chi connectivity index (χ1) is 11.4. The Morgan fingerprint density at radius 1 is 1.00 bits per heavy atom. The number of hydrogen-bond acceptors (Lipinski definition) is 4. The summed E-state index contributed by atoms with van der Waals surface area (Å²) in [7, 11) is 1.39. The third kappa shape index (κ3) is 3.83. The van der Waals surface area contributed by atoms with Gasteiger partial charge in [-0.15, -0.1) is 0 Å². The Morgan fingerprint density at radius 3 is 2.33 bits per heavy atom. The van der Waals surface area contributed by atoms with E-state index in [0.29, 0.717) is 11.8 Å². The Bertz CT molecular complexity index is 780. The predicted octanol–water partition coefficient (Wildman–Crippen LogP) is 2.45. The lowest BCUT2D eigenvalue weighted by atomic mass is 10.2. The molecule has 2 aromatic carbocycles. The zero-order valence-corrected chi connectivity index (χ0v) is 12.4. The number of halogens is 3. The molecule has 8 heteroatoms. The molecule has 2 rings (SSSR count). The van der Waals surface area contributed by atoms with Crippen LogP contribution in [0.4, 0.5) is 13.2 Å². The van der Waals surface area contributed by atoms with E-state index in [-0.39, 0.29) is 5.75 Å². The summed E-state index contributed by atoms with van der Waals surface area (Å²) in [5.41, 5.74) is -0.723. The maximum absolute atomic E-state index is 13.5. The topological polar surface area (TPSA) is 64.6 Å². The van der Waals surface area contributed by atoms with E-state index in [1.807, 2.05) is 0 Å². The van der Waals surface area contributed by atoms with E-state index in [1.165, 1.54) is 13.2 Å². The van der Waals surface area contributed by atoms with Crippen LogP contribution in [0.2, 0.25) is 0 Å². The number of carbonyl (C=O) groups is 2. The molecule has 0 bridgehead atoms. The van der Waals surface area contributed by atoms with E-state index in [1.54, 1.807) is 18.2 Å². The summed E-state index contributed by atoms with van der Waals surface area (Å²) in [5.74, 6) is -6.30. The average Bonchev–Trinajstić information content (AvgIpc) is 2.58. The molecule has 0 heterocycles. The SMILES string of the molecule is COc1ccccc1OC(=O)CNC(=O)c1ccc(F)c(F)c1F. The van der Waals surface area contributed by atoms with Crippen LogP contribution >= 0.6 is 0 Å². The normalized spacial score (nSPS) is 10.2. The van der Waals surface area contributed by atoms with Crippen molar-refractivity contribution in [1.29, 1.82) is 0 Å². The van der Waals surface area contributed by atoms with Gasteiger partial charge in [-0.2, -0.15) is 0 Å². The highest BCUT2D eigenvalue weighted by molar-refractivity contribution is 5.96. The number of nitrogens with one attached hydrogen (secondary N) is 1. The summed E-state index contributed by atoms with van der Waals surface area (Å²) in [5, 5.41) is 2.06. The highest BCUT2D eigenvalue weighted by Crippen LogP contribution is 2.25. The second-order valence-electron chi connectivity index (χ2n) is 4.53. The monoisotopic (exact) mass is 339 g/mol.